The molecule has 0 aliphatic carbocycles. The third-order valence-corrected chi connectivity index (χ3v) is 4.08. The maximum atomic E-state index is 14.2. The second-order valence-electron chi connectivity index (χ2n) is 5.27. The van der Waals surface area contributed by atoms with Crippen LogP contribution < -0.4 is 19.1 Å². The van der Waals surface area contributed by atoms with E-state index in [1.54, 1.807) is 12.1 Å². The van der Waals surface area contributed by atoms with E-state index in [9.17, 15) is 14.4 Å². The van der Waals surface area contributed by atoms with Gasteiger partial charge in [-0.3, -0.25) is 9.69 Å². The summed E-state index contributed by atoms with van der Waals surface area (Å²) in [5, 5.41) is 9.63. The van der Waals surface area contributed by atoms with Crippen molar-refractivity contribution in [2.75, 3.05) is 26.2 Å². The molecule has 0 saturated heterocycles. The van der Waals surface area contributed by atoms with Crippen molar-refractivity contribution in [2.45, 2.75) is 6.04 Å². The van der Waals surface area contributed by atoms with Crippen LogP contribution in [-0.4, -0.2) is 27.2 Å². The minimum atomic E-state index is -1.01. The van der Waals surface area contributed by atoms with Gasteiger partial charge in [0.25, 0.3) is 5.91 Å². The maximum Gasteiger partial charge on any atom is 0.264 e. The van der Waals surface area contributed by atoms with Crippen LogP contribution in [0.1, 0.15) is 22.0 Å². The summed E-state index contributed by atoms with van der Waals surface area (Å²) >= 11 is 0. The van der Waals surface area contributed by atoms with E-state index in [4.69, 9.17) is 14.2 Å². The number of anilines is 1. The summed E-state index contributed by atoms with van der Waals surface area (Å²) in [6.07, 6.45) is 0. The summed E-state index contributed by atoms with van der Waals surface area (Å²) in [6.45, 7) is 0. The highest BCUT2D eigenvalue weighted by atomic mass is 19.1. The van der Waals surface area contributed by atoms with Crippen LogP contribution in [0.2, 0.25) is 0 Å². The van der Waals surface area contributed by atoms with Crippen LogP contribution >= 0.6 is 0 Å². The molecule has 0 fully saturated rings. The number of para-hydroxylation sites is 1. The molecular weight excluding hydrogens is 327 g/mol. The third-order valence-electron chi connectivity index (χ3n) is 4.08. The van der Waals surface area contributed by atoms with Gasteiger partial charge in [0.05, 0.1) is 38.6 Å². The van der Waals surface area contributed by atoms with Gasteiger partial charge < -0.3 is 14.2 Å². The van der Waals surface area contributed by atoms with Crippen molar-refractivity contribution >= 4 is 11.6 Å². The number of benzene rings is 2. The number of hydrogen-bond acceptors (Lipinski definition) is 5. The van der Waals surface area contributed by atoms with Crippen molar-refractivity contribution in [1.82, 2.24) is 0 Å². The monoisotopic (exact) mass is 342 g/mol. The van der Waals surface area contributed by atoms with E-state index >= 15 is 0 Å². The Kier molecular flexibility index (Phi) is 4.19. The highest BCUT2D eigenvalue weighted by molar-refractivity contribution is 6.14. The average Bonchev–Trinajstić information content (AvgIpc) is 2.91. The summed E-state index contributed by atoms with van der Waals surface area (Å²) in [6, 6.07) is 8.39. The molecule has 2 aromatic carbocycles. The molecule has 1 atom stereocenters. The standard InChI is InChI=1S/C18H15FN2O4/c1-23-14-8-10-13(9-20)21(12-7-5-4-6-11(12)19)18(22)15(10)17(25-3)16(14)24-2/h4-8,13H,1-3H3. The number of methoxy groups -OCH3 is 3. The van der Waals surface area contributed by atoms with Crippen molar-refractivity contribution in [3.8, 4) is 23.3 Å². The Morgan fingerprint density at radius 3 is 2.36 bits per heavy atom. The average molecular weight is 342 g/mol. The van der Waals surface area contributed by atoms with Crippen molar-refractivity contribution < 1.29 is 23.4 Å². The van der Waals surface area contributed by atoms with E-state index in [-0.39, 0.29) is 22.7 Å². The molecule has 3 rings (SSSR count). The maximum absolute atomic E-state index is 14.2. The quantitative estimate of drug-likeness (QED) is 0.854. The molecule has 128 valence electrons. The number of fused-ring (bicyclic) bond motifs is 1. The Hall–Kier alpha value is -3.27. The minimum Gasteiger partial charge on any atom is -0.493 e. The number of nitrogens with zero attached hydrogens (tertiary/aromatic N) is 2. The predicted molar refractivity (Wildman–Crippen MR) is 87.7 cm³/mol. The molecule has 1 unspecified atom stereocenters. The van der Waals surface area contributed by atoms with Gasteiger partial charge >= 0.3 is 0 Å². The molecule has 25 heavy (non-hydrogen) atoms. The number of carbonyl (C=O) groups is 1. The number of nitriles is 1. The van der Waals surface area contributed by atoms with Gasteiger partial charge in [0.15, 0.2) is 17.5 Å². The molecule has 1 aliphatic rings. The van der Waals surface area contributed by atoms with Gasteiger partial charge in [-0.15, -0.1) is 0 Å². The van der Waals surface area contributed by atoms with Gasteiger partial charge in [0.1, 0.15) is 5.82 Å². The van der Waals surface area contributed by atoms with Crippen molar-refractivity contribution in [3.05, 3.63) is 47.3 Å². The van der Waals surface area contributed by atoms with E-state index in [2.05, 4.69) is 6.07 Å². The van der Waals surface area contributed by atoms with Crippen molar-refractivity contribution in [3.63, 3.8) is 0 Å². The normalized spacial score (nSPS) is 15.6. The van der Waals surface area contributed by atoms with Crippen LogP contribution in [0.5, 0.6) is 17.2 Å². The molecule has 1 amide bonds. The molecule has 1 heterocycles. The first-order valence-corrected chi connectivity index (χ1v) is 7.39. The number of hydrogen-bond donors (Lipinski definition) is 0. The van der Waals surface area contributed by atoms with Crippen molar-refractivity contribution in [1.29, 1.82) is 5.26 Å². The van der Waals surface area contributed by atoms with Crippen LogP contribution in [0.25, 0.3) is 0 Å². The minimum absolute atomic E-state index is 0.0234. The molecular formula is C18H15FN2O4. The molecule has 1 aliphatic heterocycles. The Balaban J connectivity index is 2.28. The third kappa shape index (κ3) is 2.34. The molecule has 0 saturated carbocycles. The molecule has 2 aromatic rings. The lowest BCUT2D eigenvalue weighted by Gasteiger charge is -2.20. The SMILES string of the molecule is COc1cc2c(c(OC)c1OC)C(=O)N(c1ccccc1F)C2C#N. The fraction of sp³-hybridized carbons (Fsp3) is 0.222. The molecule has 0 N–H and O–H groups in total. The van der Waals surface area contributed by atoms with E-state index in [0.29, 0.717) is 11.3 Å². The van der Waals surface area contributed by atoms with E-state index in [1.807, 2.05) is 0 Å². The second-order valence-corrected chi connectivity index (χ2v) is 5.27. The first-order valence-electron chi connectivity index (χ1n) is 7.39. The van der Waals surface area contributed by atoms with Crippen LogP contribution in [0.3, 0.4) is 0 Å². The number of amides is 1. The predicted octanol–water partition coefficient (Wildman–Crippen LogP) is 3.08. The lowest BCUT2D eigenvalue weighted by molar-refractivity contribution is 0.0990. The number of ether oxygens (including phenoxy) is 3. The van der Waals surface area contributed by atoms with Crippen LogP contribution in [0.15, 0.2) is 30.3 Å². The second kappa shape index (κ2) is 6.32. The number of rotatable bonds is 4. The fourth-order valence-electron chi connectivity index (χ4n) is 3.01. The van der Waals surface area contributed by atoms with Crippen LogP contribution in [-0.2, 0) is 0 Å². The zero-order chi connectivity index (χ0) is 18.1. The summed E-state index contributed by atoms with van der Waals surface area (Å²) in [4.78, 5) is 14.1. The Bertz CT molecular complexity index is 891. The van der Waals surface area contributed by atoms with Gasteiger partial charge in [-0.1, -0.05) is 12.1 Å². The first kappa shape index (κ1) is 16.6. The summed E-state index contributed by atoms with van der Waals surface area (Å²) in [5.74, 6) is -0.419. The van der Waals surface area contributed by atoms with Gasteiger partial charge in [-0.2, -0.15) is 5.26 Å². The molecule has 0 spiro atoms. The van der Waals surface area contributed by atoms with Gasteiger partial charge in [-0.25, -0.2) is 4.39 Å². The van der Waals surface area contributed by atoms with Crippen molar-refractivity contribution in [2.24, 2.45) is 0 Å². The van der Waals surface area contributed by atoms with Gasteiger partial charge in [0.2, 0.25) is 5.75 Å². The summed E-state index contributed by atoms with van der Waals surface area (Å²) in [5.41, 5.74) is 0.565. The molecule has 0 radical (unpaired) electrons. The molecule has 0 bridgehead atoms. The lowest BCUT2D eigenvalue weighted by Crippen LogP contribution is -2.27. The zero-order valence-corrected chi connectivity index (χ0v) is 13.9. The Labute approximate surface area is 143 Å². The smallest absolute Gasteiger partial charge is 0.264 e. The van der Waals surface area contributed by atoms with Crippen LogP contribution in [0, 0.1) is 17.1 Å². The molecule has 6 nitrogen and oxygen atoms in total. The number of halogens is 1. The highest BCUT2D eigenvalue weighted by Crippen LogP contribution is 2.49. The van der Waals surface area contributed by atoms with Gasteiger partial charge in [0, 0.05) is 5.56 Å². The fourth-order valence-corrected chi connectivity index (χ4v) is 3.01. The van der Waals surface area contributed by atoms with E-state index in [1.165, 1.54) is 39.5 Å². The summed E-state index contributed by atoms with van der Waals surface area (Å²) < 4.78 is 30.1. The molecule has 7 heteroatoms. The lowest BCUT2D eigenvalue weighted by atomic mass is 10.0. The van der Waals surface area contributed by atoms with Gasteiger partial charge in [-0.05, 0) is 18.2 Å². The number of carbonyl (C=O) groups excluding carboxylic acids is 1. The Morgan fingerprint density at radius 1 is 1.12 bits per heavy atom. The zero-order valence-electron chi connectivity index (χ0n) is 13.9. The van der Waals surface area contributed by atoms with Crippen LogP contribution in [0.4, 0.5) is 10.1 Å². The Morgan fingerprint density at radius 2 is 1.80 bits per heavy atom. The largest absolute Gasteiger partial charge is 0.493 e. The van der Waals surface area contributed by atoms with E-state index in [0.717, 1.165) is 4.90 Å². The highest BCUT2D eigenvalue weighted by Gasteiger charge is 2.43. The first-order chi connectivity index (χ1) is 12.1. The molecule has 0 aromatic heterocycles. The summed E-state index contributed by atoms with van der Waals surface area (Å²) in [7, 11) is 4.25. The van der Waals surface area contributed by atoms with E-state index < -0.39 is 17.8 Å². The topological polar surface area (TPSA) is 71.8 Å².